The van der Waals surface area contributed by atoms with Crippen LogP contribution < -0.4 is 11.2 Å². The predicted octanol–water partition coefficient (Wildman–Crippen LogP) is 1.57. The first-order valence-electron chi connectivity index (χ1n) is 7.16. The molecule has 0 amide bonds. The second kappa shape index (κ2) is 5.55. The molecule has 0 aliphatic carbocycles. The highest BCUT2D eigenvalue weighted by atomic mass is 16.2. The molecule has 0 fully saturated rings. The van der Waals surface area contributed by atoms with Crippen molar-refractivity contribution in [2.45, 2.75) is 19.9 Å². The van der Waals surface area contributed by atoms with Gasteiger partial charge in [-0.25, -0.2) is 4.79 Å². The highest BCUT2D eigenvalue weighted by Gasteiger charge is 2.13. The molecule has 0 aliphatic heterocycles. The van der Waals surface area contributed by atoms with Crippen LogP contribution in [0.1, 0.15) is 13.3 Å². The van der Waals surface area contributed by atoms with Gasteiger partial charge in [0.25, 0.3) is 5.56 Å². The maximum absolute atomic E-state index is 12.4. The summed E-state index contributed by atoms with van der Waals surface area (Å²) in [5.74, 6) is 0. The standard InChI is InChI=1S/C16H16N4O2/c1-3-9-20-14-12(15(21)19(2)16(20)22)10-13(17-18-14)11-7-5-4-6-8-11/h4-8,10H,3,9H2,1-2H3. The van der Waals surface area contributed by atoms with Crippen molar-refractivity contribution in [1.82, 2.24) is 19.3 Å². The van der Waals surface area contributed by atoms with Gasteiger partial charge in [-0.15, -0.1) is 10.2 Å². The highest BCUT2D eigenvalue weighted by Crippen LogP contribution is 2.17. The molecule has 0 saturated heterocycles. The molecule has 0 bridgehead atoms. The summed E-state index contributed by atoms with van der Waals surface area (Å²) in [6.45, 7) is 2.47. The Morgan fingerprint density at radius 2 is 1.82 bits per heavy atom. The van der Waals surface area contributed by atoms with Crippen LogP contribution in [0.3, 0.4) is 0 Å². The minimum absolute atomic E-state index is 0.342. The van der Waals surface area contributed by atoms with Gasteiger partial charge in [0.15, 0.2) is 5.65 Å². The third-order valence-corrected chi connectivity index (χ3v) is 3.60. The van der Waals surface area contributed by atoms with Crippen molar-refractivity contribution >= 4 is 11.0 Å². The van der Waals surface area contributed by atoms with Gasteiger partial charge >= 0.3 is 5.69 Å². The lowest BCUT2D eigenvalue weighted by Crippen LogP contribution is -2.38. The monoisotopic (exact) mass is 296 g/mol. The van der Waals surface area contributed by atoms with Crippen LogP contribution in [0.15, 0.2) is 46.0 Å². The number of hydrogen-bond acceptors (Lipinski definition) is 4. The molecule has 1 aromatic carbocycles. The fourth-order valence-corrected chi connectivity index (χ4v) is 2.46. The Labute approximate surface area is 126 Å². The van der Waals surface area contributed by atoms with Crippen molar-refractivity contribution in [3.05, 3.63) is 57.2 Å². The molecule has 6 nitrogen and oxygen atoms in total. The smallest absolute Gasteiger partial charge is 0.276 e. The Morgan fingerprint density at radius 3 is 2.50 bits per heavy atom. The van der Waals surface area contributed by atoms with Gasteiger partial charge in [0.1, 0.15) is 0 Å². The van der Waals surface area contributed by atoms with Crippen LogP contribution in [0.25, 0.3) is 22.3 Å². The Kier molecular flexibility index (Phi) is 3.58. The van der Waals surface area contributed by atoms with E-state index in [1.165, 1.54) is 11.6 Å². The lowest BCUT2D eigenvalue weighted by molar-refractivity contribution is 0.607. The number of aromatic nitrogens is 4. The average Bonchev–Trinajstić information content (AvgIpc) is 2.57. The fourth-order valence-electron chi connectivity index (χ4n) is 2.46. The third kappa shape index (κ3) is 2.22. The first-order valence-corrected chi connectivity index (χ1v) is 7.16. The molecule has 0 spiro atoms. The van der Waals surface area contributed by atoms with Gasteiger partial charge in [0, 0.05) is 19.2 Å². The molecule has 112 valence electrons. The molecule has 0 saturated carbocycles. The van der Waals surface area contributed by atoms with E-state index in [-0.39, 0.29) is 11.2 Å². The van der Waals surface area contributed by atoms with Crippen molar-refractivity contribution in [2.24, 2.45) is 7.05 Å². The van der Waals surface area contributed by atoms with Crippen molar-refractivity contribution in [3.8, 4) is 11.3 Å². The summed E-state index contributed by atoms with van der Waals surface area (Å²) in [5.41, 5.74) is 1.13. The van der Waals surface area contributed by atoms with E-state index in [9.17, 15) is 9.59 Å². The Hall–Kier alpha value is -2.76. The van der Waals surface area contributed by atoms with Crippen LogP contribution >= 0.6 is 0 Å². The fraction of sp³-hybridized carbons (Fsp3) is 0.250. The van der Waals surface area contributed by atoms with Crippen molar-refractivity contribution in [3.63, 3.8) is 0 Å². The van der Waals surface area contributed by atoms with Crippen molar-refractivity contribution in [1.29, 1.82) is 0 Å². The van der Waals surface area contributed by atoms with Gasteiger partial charge in [-0.1, -0.05) is 37.3 Å². The Balaban J connectivity index is 2.34. The molecule has 0 unspecified atom stereocenters. The average molecular weight is 296 g/mol. The molecule has 2 heterocycles. The van der Waals surface area contributed by atoms with Crippen LogP contribution in [0.5, 0.6) is 0 Å². The van der Waals surface area contributed by atoms with Gasteiger partial charge in [-0.05, 0) is 12.5 Å². The van der Waals surface area contributed by atoms with E-state index in [4.69, 9.17) is 0 Å². The molecule has 0 atom stereocenters. The molecule has 0 aliphatic rings. The molecular formula is C16H16N4O2. The first kappa shape index (κ1) is 14.2. The molecule has 22 heavy (non-hydrogen) atoms. The van der Waals surface area contributed by atoms with E-state index in [0.29, 0.717) is 23.3 Å². The summed E-state index contributed by atoms with van der Waals surface area (Å²) in [6, 6.07) is 11.2. The lowest BCUT2D eigenvalue weighted by atomic mass is 10.1. The zero-order valence-electron chi connectivity index (χ0n) is 12.5. The Morgan fingerprint density at radius 1 is 1.09 bits per heavy atom. The second-order valence-corrected chi connectivity index (χ2v) is 5.13. The van der Waals surface area contributed by atoms with Crippen LogP contribution in [0, 0.1) is 0 Å². The summed E-state index contributed by atoms with van der Waals surface area (Å²) in [7, 11) is 1.49. The quantitative estimate of drug-likeness (QED) is 0.735. The summed E-state index contributed by atoms with van der Waals surface area (Å²) < 4.78 is 2.62. The van der Waals surface area contributed by atoms with Gasteiger partial charge in [0.2, 0.25) is 0 Å². The summed E-state index contributed by atoms with van der Waals surface area (Å²) in [4.78, 5) is 24.6. The lowest BCUT2D eigenvalue weighted by Gasteiger charge is -2.10. The van der Waals surface area contributed by atoms with E-state index >= 15 is 0 Å². The van der Waals surface area contributed by atoms with E-state index in [1.54, 1.807) is 6.07 Å². The van der Waals surface area contributed by atoms with Crippen LogP contribution in [0.4, 0.5) is 0 Å². The highest BCUT2D eigenvalue weighted by molar-refractivity contribution is 5.78. The molecule has 0 N–H and O–H groups in total. The van der Waals surface area contributed by atoms with E-state index in [1.807, 2.05) is 37.3 Å². The van der Waals surface area contributed by atoms with E-state index < -0.39 is 0 Å². The normalized spacial score (nSPS) is 11.0. The number of benzene rings is 1. The molecule has 2 aromatic heterocycles. The molecule has 3 rings (SSSR count). The van der Waals surface area contributed by atoms with Gasteiger partial charge < -0.3 is 0 Å². The molecular weight excluding hydrogens is 280 g/mol. The van der Waals surface area contributed by atoms with E-state index in [0.717, 1.165) is 16.6 Å². The summed E-state index contributed by atoms with van der Waals surface area (Å²) >= 11 is 0. The zero-order valence-corrected chi connectivity index (χ0v) is 12.5. The predicted molar refractivity (Wildman–Crippen MR) is 84.8 cm³/mol. The Bertz CT molecular complexity index is 942. The summed E-state index contributed by atoms with van der Waals surface area (Å²) in [5, 5.41) is 8.72. The maximum Gasteiger partial charge on any atom is 0.332 e. The van der Waals surface area contributed by atoms with Crippen LogP contribution in [-0.2, 0) is 13.6 Å². The first-order chi connectivity index (χ1) is 10.6. The minimum Gasteiger partial charge on any atom is -0.276 e. The minimum atomic E-state index is -0.360. The third-order valence-electron chi connectivity index (χ3n) is 3.60. The number of fused-ring (bicyclic) bond motifs is 1. The van der Waals surface area contributed by atoms with Crippen LogP contribution in [0.2, 0.25) is 0 Å². The van der Waals surface area contributed by atoms with Crippen LogP contribution in [-0.4, -0.2) is 19.3 Å². The molecule has 0 radical (unpaired) electrons. The van der Waals surface area contributed by atoms with E-state index in [2.05, 4.69) is 10.2 Å². The zero-order chi connectivity index (χ0) is 15.7. The molecule has 3 aromatic rings. The maximum atomic E-state index is 12.4. The van der Waals surface area contributed by atoms with Gasteiger partial charge in [-0.3, -0.25) is 13.9 Å². The molecule has 6 heteroatoms. The van der Waals surface area contributed by atoms with Crippen molar-refractivity contribution in [2.75, 3.05) is 0 Å². The van der Waals surface area contributed by atoms with Gasteiger partial charge in [-0.2, -0.15) is 0 Å². The summed E-state index contributed by atoms with van der Waals surface area (Å²) in [6.07, 6.45) is 0.773. The largest absolute Gasteiger partial charge is 0.332 e. The topological polar surface area (TPSA) is 69.8 Å². The number of nitrogens with zero attached hydrogens (tertiary/aromatic N) is 4. The second-order valence-electron chi connectivity index (χ2n) is 5.13. The number of hydrogen-bond donors (Lipinski definition) is 0. The van der Waals surface area contributed by atoms with Gasteiger partial charge in [0.05, 0.1) is 11.1 Å². The number of rotatable bonds is 3. The van der Waals surface area contributed by atoms with Crippen molar-refractivity contribution < 1.29 is 0 Å². The SMILES string of the molecule is CCCn1c(=O)n(C)c(=O)c2cc(-c3ccccc3)nnc21. The number of aryl methyl sites for hydroxylation is 1.